The maximum Gasteiger partial charge on any atom is 0.465 e. The van der Waals surface area contributed by atoms with Gasteiger partial charge in [-0.05, 0) is 17.7 Å². The molecule has 3 rings (SSSR count). The fourth-order valence-electron chi connectivity index (χ4n) is 3.33. The molecule has 2 aromatic carbocycles. The molecule has 0 saturated carbocycles. The van der Waals surface area contributed by atoms with Gasteiger partial charge >= 0.3 is 54.2 Å². The molecule has 0 fully saturated rings. The molecule has 2 aromatic rings. The van der Waals surface area contributed by atoms with E-state index in [-0.39, 0.29) is 17.7 Å². The maximum atomic E-state index is 13.5. The molecule has 0 saturated heterocycles. The van der Waals surface area contributed by atoms with Crippen molar-refractivity contribution < 1.29 is 104 Å². The number of rotatable bonds is 7. The van der Waals surface area contributed by atoms with Gasteiger partial charge in [0.1, 0.15) is 34.7 Å². The zero-order chi connectivity index (χ0) is 36.1. The molecular weight excluding hydrogens is 701 g/mol. The van der Waals surface area contributed by atoms with Crippen LogP contribution >= 0.6 is 0 Å². The molecule has 0 bridgehead atoms. The lowest BCUT2D eigenvalue weighted by Crippen LogP contribution is -2.47. The summed E-state index contributed by atoms with van der Waals surface area (Å²) in [4.78, 5) is 47.3. The Hall–Kier alpha value is -4.73. The second-order valence-corrected chi connectivity index (χ2v) is 8.98. The van der Waals surface area contributed by atoms with E-state index in [4.69, 9.17) is 4.74 Å². The fourth-order valence-corrected chi connectivity index (χ4v) is 3.33. The van der Waals surface area contributed by atoms with Crippen molar-refractivity contribution in [2.45, 2.75) is 48.8 Å². The van der Waals surface area contributed by atoms with E-state index in [0.29, 0.717) is 12.1 Å². The van der Waals surface area contributed by atoms with Crippen LogP contribution in [0.1, 0.15) is 28.4 Å². The highest BCUT2D eigenvalue weighted by atomic mass is 19.4. The molecule has 0 aliphatic carbocycles. The third-order valence-electron chi connectivity index (χ3n) is 5.67. The van der Waals surface area contributed by atoms with Crippen molar-refractivity contribution in [2.75, 3.05) is 0 Å². The predicted octanol–water partition coefficient (Wildman–Crippen LogP) is 6.70. The number of hydrogen-bond donors (Lipinski definition) is 0. The van der Waals surface area contributed by atoms with Crippen LogP contribution in [0.5, 0.6) is 23.0 Å². The Labute approximate surface area is 247 Å². The molecule has 0 N–H and O–H groups in total. The lowest BCUT2D eigenvalue weighted by Gasteiger charge is -2.28. The van der Waals surface area contributed by atoms with E-state index in [1.807, 2.05) is 0 Å². The Morgan fingerprint density at radius 2 is 1.00 bits per heavy atom. The summed E-state index contributed by atoms with van der Waals surface area (Å²) < 4.78 is 210. The molecule has 47 heavy (non-hydrogen) atoms. The first-order valence-electron chi connectivity index (χ1n) is 11.6. The highest BCUT2D eigenvalue weighted by molar-refractivity contribution is 6.03. The van der Waals surface area contributed by atoms with E-state index in [1.165, 1.54) is 0 Å². The van der Waals surface area contributed by atoms with Gasteiger partial charge in [-0.2, -0.15) is 65.9 Å². The second-order valence-electron chi connectivity index (χ2n) is 8.98. The molecule has 23 heteroatoms. The number of alkyl halides is 15. The predicted molar refractivity (Wildman–Crippen MR) is 115 cm³/mol. The Balaban J connectivity index is 2.00. The zero-order valence-corrected chi connectivity index (χ0v) is 21.7. The minimum Gasteiger partial charge on any atom is -0.484 e. The van der Waals surface area contributed by atoms with Crippen LogP contribution in [0.2, 0.25) is 0 Å². The van der Waals surface area contributed by atoms with E-state index >= 15 is 0 Å². The topological polar surface area (TPSA) is 105 Å². The summed E-state index contributed by atoms with van der Waals surface area (Å²) in [6.45, 7) is 0. The number of benzene rings is 2. The molecule has 1 aliphatic heterocycles. The number of carbonyl (C=O) groups is 4. The number of esters is 3. The van der Waals surface area contributed by atoms with Gasteiger partial charge in [0.05, 0.1) is 6.42 Å². The number of fused-ring (bicyclic) bond motifs is 1. The standard InChI is InChI=1S/C24H9F15O8/c25-19(26,22(31,32)33)16(41)44-9-3-1-8(2-4-9)12-7-11(40)15-13(46-12)5-10(45-17(42)20(27,28)23(34,35)36)6-14(15)47-18(43)21(29,30)24(37,38)39/h1-6,12H,7H2. The van der Waals surface area contributed by atoms with Crippen LogP contribution in [0.3, 0.4) is 0 Å². The van der Waals surface area contributed by atoms with Crippen molar-refractivity contribution in [1.29, 1.82) is 0 Å². The molecule has 0 amide bonds. The summed E-state index contributed by atoms with van der Waals surface area (Å²) in [7, 11) is 0. The largest absolute Gasteiger partial charge is 0.484 e. The first-order valence-corrected chi connectivity index (χ1v) is 11.6. The Morgan fingerprint density at radius 1 is 0.596 bits per heavy atom. The van der Waals surface area contributed by atoms with Crippen LogP contribution in [-0.2, 0) is 14.4 Å². The van der Waals surface area contributed by atoms with Crippen LogP contribution in [0.4, 0.5) is 65.9 Å². The number of carbonyl (C=O) groups excluding carboxylic acids is 4. The summed E-state index contributed by atoms with van der Waals surface area (Å²) in [6, 6.07) is 2.79. The smallest absolute Gasteiger partial charge is 0.465 e. The maximum absolute atomic E-state index is 13.5. The summed E-state index contributed by atoms with van der Waals surface area (Å²) in [5.41, 5.74) is -1.45. The van der Waals surface area contributed by atoms with Gasteiger partial charge in [0.2, 0.25) is 0 Å². The molecule has 1 unspecified atom stereocenters. The number of hydrogen-bond acceptors (Lipinski definition) is 8. The van der Waals surface area contributed by atoms with E-state index in [9.17, 15) is 85.0 Å². The normalized spacial score (nSPS) is 16.1. The molecule has 1 atom stereocenters. The molecule has 0 radical (unpaired) electrons. The second kappa shape index (κ2) is 11.8. The highest BCUT2D eigenvalue weighted by Crippen LogP contribution is 2.45. The van der Waals surface area contributed by atoms with Crippen molar-refractivity contribution in [1.82, 2.24) is 0 Å². The number of Topliss-reactive ketones (excluding diaryl/α,β-unsaturated/α-hetero) is 1. The number of ketones is 1. The molecule has 1 heterocycles. The van der Waals surface area contributed by atoms with Gasteiger partial charge in [0, 0.05) is 12.1 Å². The van der Waals surface area contributed by atoms with E-state index in [1.54, 1.807) is 0 Å². The van der Waals surface area contributed by atoms with Gasteiger partial charge in [-0.1, -0.05) is 12.1 Å². The Kier molecular flexibility index (Phi) is 9.23. The van der Waals surface area contributed by atoms with E-state index < -0.39 is 101 Å². The van der Waals surface area contributed by atoms with Gasteiger partial charge in [0.15, 0.2) is 5.78 Å². The van der Waals surface area contributed by atoms with Gasteiger partial charge in [0.25, 0.3) is 0 Å². The van der Waals surface area contributed by atoms with Crippen LogP contribution in [0.15, 0.2) is 36.4 Å². The number of ether oxygens (including phenoxy) is 4. The van der Waals surface area contributed by atoms with Gasteiger partial charge in [-0.15, -0.1) is 0 Å². The lowest BCUT2D eigenvalue weighted by atomic mass is 9.95. The molecule has 0 aromatic heterocycles. The molecule has 1 aliphatic rings. The Bertz CT molecular complexity index is 1570. The summed E-state index contributed by atoms with van der Waals surface area (Å²) in [5.74, 6) is -35.0. The molecule has 8 nitrogen and oxygen atoms in total. The SMILES string of the molecule is O=C1CC(c2ccc(OC(=O)C(F)(F)C(F)(F)F)cc2)Oc2cc(OC(=O)C(F)(F)C(F)(F)F)cc(OC(=O)C(F)(F)C(F)(F)F)c21. The zero-order valence-electron chi connectivity index (χ0n) is 21.7. The third-order valence-corrected chi connectivity index (χ3v) is 5.67. The third kappa shape index (κ3) is 7.16. The van der Waals surface area contributed by atoms with Crippen LogP contribution in [0.25, 0.3) is 0 Å². The van der Waals surface area contributed by atoms with Crippen LogP contribution in [-0.4, -0.2) is 60.0 Å². The van der Waals surface area contributed by atoms with E-state index in [0.717, 1.165) is 12.1 Å². The quantitative estimate of drug-likeness (QED) is 0.178. The van der Waals surface area contributed by atoms with Crippen molar-refractivity contribution in [2.24, 2.45) is 0 Å². The first kappa shape index (κ1) is 36.7. The van der Waals surface area contributed by atoms with Crippen molar-refractivity contribution in [3.63, 3.8) is 0 Å². The average Bonchev–Trinajstić information content (AvgIpc) is 2.91. The summed E-state index contributed by atoms with van der Waals surface area (Å²) in [5, 5.41) is 0. The monoisotopic (exact) mass is 710 g/mol. The number of halogens is 15. The van der Waals surface area contributed by atoms with Gasteiger partial charge in [-0.25, -0.2) is 14.4 Å². The van der Waals surface area contributed by atoms with Crippen LogP contribution < -0.4 is 18.9 Å². The lowest BCUT2D eigenvalue weighted by molar-refractivity contribution is -0.277. The summed E-state index contributed by atoms with van der Waals surface area (Å²) >= 11 is 0. The van der Waals surface area contributed by atoms with Crippen molar-refractivity contribution >= 4 is 23.7 Å². The molecule has 258 valence electrons. The minimum absolute atomic E-state index is 0.130. The van der Waals surface area contributed by atoms with Gasteiger partial charge in [-0.3, -0.25) is 4.79 Å². The highest BCUT2D eigenvalue weighted by Gasteiger charge is 2.67. The minimum atomic E-state index is -6.60. The molecular formula is C24H9F15O8. The van der Waals surface area contributed by atoms with Crippen molar-refractivity contribution in [3.8, 4) is 23.0 Å². The fraction of sp³-hybridized carbons (Fsp3) is 0.333. The molecule has 0 spiro atoms. The first-order chi connectivity index (χ1) is 21.1. The average molecular weight is 710 g/mol. The van der Waals surface area contributed by atoms with Crippen LogP contribution in [0, 0.1) is 0 Å². The Morgan fingerprint density at radius 3 is 1.43 bits per heavy atom. The van der Waals surface area contributed by atoms with Gasteiger partial charge < -0.3 is 18.9 Å². The van der Waals surface area contributed by atoms with E-state index in [2.05, 4.69) is 14.2 Å². The van der Waals surface area contributed by atoms with Crippen molar-refractivity contribution in [3.05, 3.63) is 47.5 Å². The summed E-state index contributed by atoms with van der Waals surface area (Å²) in [6.07, 6.45) is -22.1.